The summed E-state index contributed by atoms with van der Waals surface area (Å²) in [7, 11) is 0. The first-order valence-electron chi connectivity index (χ1n) is 6.55. The molecule has 2 heterocycles. The van der Waals surface area contributed by atoms with Gasteiger partial charge in [0.1, 0.15) is 11.6 Å². The van der Waals surface area contributed by atoms with Crippen molar-refractivity contribution in [3.8, 4) is 11.3 Å². The fourth-order valence-electron chi connectivity index (χ4n) is 2.50. The minimum Gasteiger partial charge on any atom is -0.342 e. The number of benzene rings is 1. The Labute approximate surface area is 126 Å². The Hall–Kier alpha value is -1.10. The maximum absolute atomic E-state index is 13.6. The predicted molar refractivity (Wildman–Crippen MR) is 78.8 cm³/mol. The van der Waals surface area contributed by atoms with Crippen molar-refractivity contribution in [2.24, 2.45) is 0 Å². The average Bonchev–Trinajstić information content (AvgIpc) is 2.93. The monoisotopic (exact) mass is 313 g/mol. The molecule has 1 saturated heterocycles. The number of nitrogens with one attached hydrogen (secondary N) is 2. The molecule has 1 aromatic heterocycles. The number of halogens is 3. The minimum atomic E-state index is -0.485. The molecular formula is C14H14Cl2FN3. The van der Waals surface area contributed by atoms with Gasteiger partial charge in [0.25, 0.3) is 0 Å². The van der Waals surface area contributed by atoms with Crippen LogP contribution in [0.4, 0.5) is 4.39 Å². The first-order chi connectivity index (χ1) is 9.65. The molecule has 1 aromatic carbocycles. The molecule has 6 heteroatoms. The molecule has 0 spiro atoms. The molecule has 3 rings (SSSR count). The van der Waals surface area contributed by atoms with Crippen LogP contribution in [0.3, 0.4) is 0 Å². The van der Waals surface area contributed by atoms with Crippen molar-refractivity contribution in [3.05, 3.63) is 40.0 Å². The zero-order valence-electron chi connectivity index (χ0n) is 10.7. The lowest BCUT2D eigenvalue weighted by Crippen LogP contribution is -2.28. The van der Waals surface area contributed by atoms with Crippen molar-refractivity contribution in [1.29, 1.82) is 0 Å². The van der Waals surface area contributed by atoms with Crippen LogP contribution in [0.15, 0.2) is 18.3 Å². The Balaban J connectivity index is 1.91. The Bertz CT molecular complexity index is 621. The predicted octanol–water partition coefficient (Wildman–Crippen LogP) is 3.99. The van der Waals surface area contributed by atoms with Gasteiger partial charge in [0.15, 0.2) is 0 Å². The standard InChI is InChI=1S/C14H14Cl2FN3/c15-10-5-11(16)12(17)4-9(10)13-7-19-14(20-13)8-2-1-3-18-6-8/h4-5,7-8,18H,1-3,6H2,(H,19,20). The van der Waals surface area contributed by atoms with Gasteiger partial charge in [0.2, 0.25) is 0 Å². The zero-order chi connectivity index (χ0) is 14.1. The molecule has 0 saturated carbocycles. The van der Waals surface area contributed by atoms with E-state index in [-0.39, 0.29) is 5.02 Å². The number of hydrogen-bond acceptors (Lipinski definition) is 2. The zero-order valence-corrected chi connectivity index (χ0v) is 12.2. The molecule has 0 bridgehead atoms. The topological polar surface area (TPSA) is 40.7 Å². The van der Waals surface area contributed by atoms with E-state index in [0.29, 0.717) is 22.2 Å². The normalized spacial score (nSPS) is 19.2. The van der Waals surface area contributed by atoms with E-state index in [1.54, 1.807) is 6.20 Å². The third-order valence-corrected chi connectivity index (χ3v) is 4.18. The van der Waals surface area contributed by atoms with Crippen LogP contribution in [0.1, 0.15) is 24.6 Å². The number of aromatic nitrogens is 2. The molecule has 2 aromatic rings. The first kappa shape index (κ1) is 13.9. The van der Waals surface area contributed by atoms with Gasteiger partial charge < -0.3 is 10.3 Å². The van der Waals surface area contributed by atoms with Crippen LogP contribution in [-0.4, -0.2) is 23.1 Å². The van der Waals surface area contributed by atoms with Gasteiger partial charge in [-0.2, -0.15) is 0 Å². The maximum Gasteiger partial charge on any atom is 0.142 e. The highest BCUT2D eigenvalue weighted by Gasteiger charge is 2.19. The highest BCUT2D eigenvalue weighted by molar-refractivity contribution is 6.36. The Morgan fingerprint density at radius 2 is 2.10 bits per heavy atom. The van der Waals surface area contributed by atoms with Crippen molar-refractivity contribution < 1.29 is 4.39 Å². The molecule has 1 unspecified atom stereocenters. The molecular weight excluding hydrogens is 300 g/mol. The highest BCUT2D eigenvalue weighted by Crippen LogP contribution is 2.32. The number of H-pyrrole nitrogens is 1. The summed E-state index contributed by atoms with van der Waals surface area (Å²) in [4.78, 5) is 7.64. The Morgan fingerprint density at radius 1 is 1.25 bits per heavy atom. The molecule has 20 heavy (non-hydrogen) atoms. The van der Waals surface area contributed by atoms with E-state index in [0.717, 1.165) is 31.8 Å². The summed E-state index contributed by atoms with van der Waals surface area (Å²) >= 11 is 11.8. The number of aromatic amines is 1. The lowest BCUT2D eigenvalue weighted by molar-refractivity contribution is 0.449. The first-order valence-corrected chi connectivity index (χ1v) is 7.31. The molecule has 1 fully saturated rings. The van der Waals surface area contributed by atoms with E-state index in [9.17, 15) is 4.39 Å². The molecule has 1 aliphatic rings. The van der Waals surface area contributed by atoms with E-state index in [1.807, 2.05) is 0 Å². The summed E-state index contributed by atoms with van der Waals surface area (Å²) in [6, 6.07) is 2.75. The van der Waals surface area contributed by atoms with Crippen molar-refractivity contribution in [2.45, 2.75) is 18.8 Å². The van der Waals surface area contributed by atoms with Gasteiger partial charge >= 0.3 is 0 Å². The molecule has 1 aliphatic heterocycles. The van der Waals surface area contributed by atoms with Crippen LogP contribution in [-0.2, 0) is 0 Å². The Kier molecular flexibility index (Phi) is 3.96. The fraction of sp³-hybridized carbons (Fsp3) is 0.357. The average molecular weight is 314 g/mol. The van der Waals surface area contributed by atoms with Crippen LogP contribution >= 0.6 is 23.2 Å². The second kappa shape index (κ2) is 5.72. The van der Waals surface area contributed by atoms with Gasteiger partial charge in [-0.1, -0.05) is 23.2 Å². The lowest BCUT2D eigenvalue weighted by Gasteiger charge is -2.20. The number of imidazole rings is 1. The molecule has 1 atom stereocenters. The third kappa shape index (κ3) is 2.68. The van der Waals surface area contributed by atoms with Crippen molar-refractivity contribution in [1.82, 2.24) is 15.3 Å². The summed E-state index contributed by atoms with van der Waals surface area (Å²) in [5.74, 6) is 0.800. The number of rotatable bonds is 2. The highest BCUT2D eigenvalue weighted by atomic mass is 35.5. The number of piperidine rings is 1. The van der Waals surface area contributed by atoms with Crippen LogP contribution in [0, 0.1) is 5.82 Å². The summed E-state index contributed by atoms with van der Waals surface area (Å²) in [6.07, 6.45) is 3.93. The van der Waals surface area contributed by atoms with Crippen LogP contribution in [0.25, 0.3) is 11.3 Å². The minimum absolute atomic E-state index is 0.0231. The summed E-state index contributed by atoms with van der Waals surface area (Å²) in [5.41, 5.74) is 1.29. The molecule has 3 nitrogen and oxygen atoms in total. The maximum atomic E-state index is 13.6. The second-order valence-electron chi connectivity index (χ2n) is 4.97. The second-order valence-corrected chi connectivity index (χ2v) is 5.79. The van der Waals surface area contributed by atoms with Crippen LogP contribution in [0.5, 0.6) is 0 Å². The summed E-state index contributed by atoms with van der Waals surface area (Å²) < 4.78 is 13.6. The number of nitrogens with zero attached hydrogens (tertiary/aromatic N) is 1. The molecule has 0 radical (unpaired) electrons. The molecule has 0 amide bonds. The van der Waals surface area contributed by atoms with E-state index in [4.69, 9.17) is 23.2 Å². The molecule has 0 aliphatic carbocycles. The lowest BCUT2D eigenvalue weighted by atomic mass is 9.99. The van der Waals surface area contributed by atoms with Gasteiger partial charge in [-0.15, -0.1) is 0 Å². The van der Waals surface area contributed by atoms with Crippen LogP contribution in [0.2, 0.25) is 10.0 Å². The van der Waals surface area contributed by atoms with Crippen molar-refractivity contribution >= 4 is 23.2 Å². The van der Waals surface area contributed by atoms with Crippen LogP contribution < -0.4 is 5.32 Å². The van der Waals surface area contributed by atoms with Gasteiger partial charge in [-0.25, -0.2) is 9.37 Å². The summed E-state index contributed by atoms with van der Waals surface area (Å²) in [6.45, 7) is 1.97. The molecule has 2 N–H and O–H groups in total. The Morgan fingerprint density at radius 3 is 2.85 bits per heavy atom. The fourth-order valence-corrected chi connectivity index (χ4v) is 2.98. The molecule has 106 valence electrons. The van der Waals surface area contributed by atoms with Gasteiger partial charge in [0, 0.05) is 18.0 Å². The van der Waals surface area contributed by atoms with Crippen molar-refractivity contribution in [3.63, 3.8) is 0 Å². The largest absolute Gasteiger partial charge is 0.342 e. The van der Waals surface area contributed by atoms with Gasteiger partial charge in [-0.3, -0.25) is 0 Å². The van der Waals surface area contributed by atoms with E-state index < -0.39 is 5.82 Å². The number of hydrogen-bond donors (Lipinski definition) is 2. The quantitative estimate of drug-likeness (QED) is 0.823. The smallest absolute Gasteiger partial charge is 0.142 e. The van der Waals surface area contributed by atoms with E-state index in [2.05, 4.69) is 15.3 Å². The summed E-state index contributed by atoms with van der Waals surface area (Å²) in [5, 5.41) is 3.78. The van der Waals surface area contributed by atoms with E-state index in [1.165, 1.54) is 12.1 Å². The van der Waals surface area contributed by atoms with Gasteiger partial charge in [-0.05, 0) is 31.5 Å². The SMILES string of the molecule is Fc1cc(-c2cnc(C3CCCNC3)[nH]2)c(Cl)cc1Cl. The van der Waals surface area contributed by atoms with Crippen molar-refractivity contribution in [2.75, 3.05) is 13.1 Å². The van der Waals surface area contributed by atoms with E-state index >= 15 is 0 Å². The third-order valence-electron chi connectivity index (χ3n) is 3.58. The van der Waals surface area contributed by atoms with Gasteiger partial charge in [0.05, 0.1) is 21.9 Å².